The van der Waals surface area contributed by atoms with Crippen molar-refractivity contribution < 1.29 is 0 Å². The number of aryl methyl sites for hydroxylation is 2. The Hall–Kier alpha value is -1.87. The van der Waals surface area contributed by atoms with E-state index < -0.39 is 0 Å². The Morgan fingerprint density at radius 3 is 2.43 bits per heavy atom. The van der Waals surface area contributed by atoms with Gasteiger partial charge in [-0.1, -0.05) is 38.1 Å². The quantitative estimate of drug-likeness (QED) is 0.884. The van der Waals surface area contributed by atoms with Crippen LogP contribution in [0, 0.1) is 6.92 Å². The Bertz CT molecular complexity index is 628. The van der Waals surface area contributed by atoms with Crippen molar-refractivity contribution in [1.82, 2.24) is 9.88 Å². The molecule has 1 aromatic carbocycles. The summed E-state index contributed by atoms with van der Waals surface area (Å²) in [5.74, 6) is 0. The average Bonchev–Trinajstić information content (AvgIpc) is 2.49. The van der Waals surface area contributed by atoms with E-state index in [1.165, 1.54) is 11.1 Å². The predicted molar refractivity (Wildman–Crippen MR) is 87.7 cm³/mol. The fourth-order valence-electron chi connectivity index (χ4n) is 2.47. The lowest BCUT2D eigenvalue weighted by atomic mass is 10.0. The van der Waals surface area contributed by atoms with Crippen molar-refractivity contribution in [1.29, 1.82) is 0 Å². The number of benzene rings is 1. The van der Waals surface area contributed by atoms with E-state index in [2.05, 4.69) is 43.4 Å². The third-order valence-electron chi connectivity index (χ3n) is 3.77. The molecule has 0 aliphatic carbocycles. The van der Waals surface area contributed by atoms with Crippen LogP contribution < -0.4 is 10.9 Å². The number of hydrogen-bond acceptors (Lipinski definition) is 2. The summed E-state index contributed by atoms with van der Waals surface area (Å²) in [4.78, 5) is 12.0. The van der Waals surface area contributed by atoms with Crippen LogP contribution in [0.1, 0.15) is 36.6 Å². The summed E-state index contributed by atoms with van der Waals surface area (Å²) in [5.41, 5.74) is 3.62. The van der Waals surface area contributed by atoms with Crippen LogP contribution in [-0.2, 0) is 13.0 Å². The monoisotopic (exact) mass is 284 g/mol. The molecule has 112 valence electrons. The predicted octanol–water partition coefficient (Wildman–Crippen LogP) is 3.07. The molecule has 0 spiro atoms. The molecule has 1 aromatic heterocycles. The molecule has 2 rings (SSSR count). The molecule has 3 heteroatoms. The van der Waals surface area contributed by atoms with Gasteiger partial charge in [0.15, 0.2) is 0 Å². The topological polar surface area (TPSA) is 34.0 Å². The Labute approximate surface area is 126 Å². The number of pyridine rings is 1. The summed E-state index contributed by atoms with van der Waals surface area (Å²) < 4.78 is 1.77. The minimum Gasteiger partial charge on any atom is -0.314 e. The normalized spacial score (nSPS) is 12.3. The molecule has 0 bridgehead atoms. The number of aromatic nitrogens is 1. The lowest BCUT2D eigenvalue weighted by molar-refractivity contribution is 0.467. The molecule has 1 heterocycles. The summed E-state index contributed by atoms with van der Waals surface area (Å²) >= 11 is 0. The van der Waals surface area contributed by atoms with Gasteiger partial charge in [0.2, 0.25) is 0 Å². The molecule has 0 amide bonds. The van der Waals surface area contributed by atoms with Gasteiger partial charge < -0.3 is 9.88 Å². The summed E-state index contributed by atoms with van der Waals surface area (Å²) in [6.07, 6.45) is 2.92. The second-order valence-corrected chi connectivity index (χ2v) is 5.40. The van der Waals surface area contributed by atoms with Gasteiger partial charge in [0.05, 0.1) is 6.04 Å². The summed E-state index contributed by atoms with van der Waals surface area (Å²) in [6.45, 7) is 7.71. The molecule has 0 fully saturated rings. The average molecular weight is 284 g/mol. The minimum atomic E-state index is 0.0584. The molecule has 0 saturated carbocycles. The van der Waals surface area contributed by atoms with E-state index in [1.54, 1.807) is 10.6 Å². The van der Waals surface area contributed by atoms with Gasteiger partial charge in [0, 0.05) is 18.8 Å². The Morgan fingerprint density at radius 1 is 1.14 bits per heavy atom. The number of likely N-dealkylation sites (N-methyl/N-ethyl adjacent to an activating group) is 1. The first-order chi connectivity index (χ1) is 10.1. The molecule has 21 heavy (non-hydrogen) atoms. The molecule has 1 unspecified atom stereocenters. The van der Waals surface area contributed by atoms with Crippen LogP contribution in [0.5, 0.6) is 0 Å². The minimum absolute atomic E-state index is 0.0584. The van der Waals surface area contributed by atoms with Crippen molar-refractivity contribution in [3.8, 4) is 0 Å². The highest BCUT2D eigenvalue weighted by atomic mass is 16.1. The highest BCUT2D eigenvalue weighted by Crippen LogP contribution is 2.16. The third-order valence-corrected chi connectivity index (χ3v) is 3.77. The summed E-state index contributed by atoms with van der Waals surface area (Å²) in [6, 6.07) is 12.5. The zero-order valence-electron chi connectivity index (χ0n) is 13.1. The molecule has 1 atom stereocenters. The van der Waals surface area contributed by atoms with Crippen molar-refractivity contribution in [2.75, 3.05) is 6.54 Å². The standard InChI is InChI=1S/C18H24N2O/c1-4-15-6-8-16(9-7-15)17(19-5-2)13-20-11-10-14(3)12-18(20)21/h6-12,17,19H,4-5,13H2,1-3H3. The van der Waals surface area contributed by atoms with Crippen molar-refractivity contribution >= 4 is 0 Å². The van der Waals surface area contributed by atoms with E-state index >= 15 is 0 Å². The van der Waals surface area contributed by atoms with E-state index in [0.717, 1.165) is 18.5 Å². The van der Waals surface area contributed by atoms with Gasteiger partial charge in [-0.05, 0) is 42.6 Å². The molecule has 0 saturated heterocycles. The van der Waals surface area contributed by atoms with Crippen LogP contribution in [0.4, 0.5) is 0 Å². The first-order valence-corrected chi connectivity index (χ1v) is 7.63. The second kappa shape index (κ2) is 7.23. The maximum Gasteiger partial charge on any atom is 0.250 e. The smallest absolute Gasteiger partial charge is 0.250 e. The fourth-order valence-corrected chi connectivity index (χ4v) is 2.47. The van der Waals surface area contributed by atoms with Crippen LogP contribution in [0.2, 0.25) is 0 Å². The molecule has 0 radical (unpaired) electrons. The lowest BCUT2D eigenvalue weighted by Crippen LogP contribution is -2.30. The molecule has 0 aliphatic rings. The molecular weight excluding hydrogens is 260 g/mol. The largest absolute Gasteiger partial charge is 0.314 e. The van der Waals surface area contributed by atoms with Crippen molar-refractivity contribution in [3.05, 3.63) is 69.6 Å². The van der Waals surface area contributed by atoms with Crippen molar-refractivity contribution in [3.63, 3.8) is 0 Å². The number of hydrogen-bond donors (Lipinski definition) is 1. The highest BCUT2D eigenvalue weighted by molar-refractivity contribution is 5.25. The SMILES string of the molecule is CCNC(Cn1ccc(C)cc1=O)c1ccc(CC)cc1. The van der Waals surface area contributed by atoms with Gasteiger partial charge in [0.25, 0.3) is 5.56 Å². The molecular formula is C18H24N2O. The van der Waals surface area contributed by atoms with Gasteiger partial charge in [-0.2, -0.15) is 0 Å². The van der Waals surface area contributed by atoms with Crippen LogP contribution in [-0.4, -0.2) is 11.1 Å². The van der Waals surface area contributed by atoms with Crippen molar-refractivity contribution in [2.45, 2.75) is 39.8 Å². The molecule has 1 N–H and O–H groups in total. The Balaban J connectivity index is 2.23. The summed E-state index contributed by atoms with van der Waals surface area (Å²) in [7, 11) is 0. The van der Waals surface area contributed by atoms with E-state index in [4.69, 9.17) is 0 Å². The van der Waals surface area contributed by atoms with Crippen LogP contribution in [0.15, 0.2) is 47.4 Å². The molecule has 3 nitrogen and oxygen atoms in total. The first-order valence-electron chi connectivity index (χ1n) is 7.63. The number of rotatable bonds is 6. The molecule has 2 aromatic rings. The highest BCUT2D eigenvalue weighted by Gasteiger charge is 2.11. The van der Waals surface area contributed by atoms with E-state index in [-0.39, 0.29) is 11.6 Å². The van der Waals surface area contributed by atoms with Crippen LogP contribution in [0.25, 0.3) is 0 Å². The van der Waals surface area contributed by atoms with E-state index in [0.29, 0.717) is 6.54 Å². The number of nitrogens with zero attached hydrogens (tertiary/aromatic N) is 1. The third kappa shape index (κ3) is 4.05. The zero-order valence-corrected chi connectivity index (χ0v) is 13.1. The second-order valence-electron chi connectivity index (χ2n) is 5.40. The van der Waals surface area contributed by atoms with Gasteiger partial charge in [-0.3, -0.25) is 4.79 Å². The maximum absolute atomic E-state index is 12.0. The summed E-state index contributed by atoms with van der Waals surface area (Å²) in [5, 5.41) is 3.47. The van der Waals surface area contributed by atoms with Gasteiger partial charge in [-0.15, -0.1) is 0 Å². The Morgan fingerprint density at radius 2 is 1.86 bits per heavy atom. The fraction of sp³-hybridized carbons (Fsp3) is 0.389. The van der Waals surface area contributed by atoms with Gasteiger partial charge >= 0.3 is 0 Å². The van der Waals surface area contributed by atoms with Crippen molar-refractivity contribution in [2.24, 2.45) is 0 Å². The Kier molecular flexibility index (Phi) is 5.34. The van der Waals surface area contributed by atoms with Gasteiger partial charge in [-0.25, -0.2) is 0 Å². The van der Waals surface area contributed by atoms with Crippen LogP contribution in [0.3, 0.4) is 0 Å². The molecule has 0 aliphatic heterocycles. The first kappa shape index (κ1) is 15.5. The zero-order chi connectivity index (χ0) is 15.2. The van der Waals surface area contributed by atoms with E-state index in [1.807, 2.05) is 19.2 Å². The van der Waals surface area contributed by atoms with E-state index in [9.17, 15) is 4.79 Å². The lowest BCUT2D eigenvalue weighted by Gasteiger charge is -2.20. The van der Waals surface area contributed by atoms with Crippen LogP contribution >= 0.6 is 0 Å². The van der Waals surface area contributed by atoms with Gasteiger partial charge in [0.1, 0.15) is 0 Å². The maximum atomic E-state index is 12.0. The number of nitrogens with one attached hydrogen (secondary N) is 1.